The van der Waals surface area contributed by atoms with Crippen LogP contribution >= 0.6 is 0 Å². The van der Waals surface area contributed by atoms with Crippen LogP contribution in [0.2, 0.25) is 0 Å². The molecule has 0 spiro atoms. The molecule has 3 rings (SSSR count). The van der Waals surface area contributed by atoms with Gasteiger partial charge in [0.2, 0.25) is 5.91 Å². The summed E-state index contributed by atoms with van der Waals surface area (Å²) in [6.07, 6.45) is 1.38. The van der Waals surface area contributed by atoms with Gasteiger partial charge in [0.25, 0.3) is 0 Å². The van der Waals surface area contributed by atoms with Crippen LogP contribution in [0.1, 0.15) is 12.8 Å². The zero-order chi connectivity index (χ0) is 18.5. The van der Waals surface area contributed by atoms with Gasteiger partial charge in [-0.25, -0.2) is 4.79 Å². The van der Waals surface area contributed by atoms with Gasteiger partial charge in [-0.2, -0.15) is 0 Å². The fourth-order valence-electron chi connectivity index (χ4n) is 2.91. The summed E-state index contributed by atoms with van der Waals surface area (Å²) >= 11 is 0. The predicted octanol–water partition coefficient (Wildman–Crippen LogP) is 3.47. The van der Waals surface area contributed by atoms with Crippen molar-refractivity contribution in [3.05, 3.63) is 42.5 Å². The van der Waals surface area contributed by atoms with Gasteiger partial charge in [0.15, 0.2) is 0 Å². The largest absolute Gasteiger partial charge is 0.495 e. The van der Waals surface area contributed by atoms with Crippen molar-refractivity contribution in [2.45, 2.75) is 12.8 Å². The molecule has 1 heterocycles. The molecule has 0 radical (unpaired) electrons. The number of anilines is 3. The lowest BCUT2D eigenvalue weighted by atomic mass is 10.2. The molecule has 0 atom stereocenters. The van der Waals surface area contributed by atoms with Crippen molar-refractivity contribution in [2.24, 2.45) is 0 Å². The van der Waals surface area contributed by atoms with E-state index in [0.717, 1.165) is 6.42 Å². The number of rotatable bonds is 5. The number of methoxy groups -OCH3 is 2. The SMILES string of the molecule is COc1ccccc1NC(=O)Nc1ccc(N2CCCC2=O)c(OC)c1. The van der Waals surface area contributed by atoms with E-state index in [1.54, 1.807) is 42.3 Å². The third-order valence-electron chi connectivity index (χ3n) is 4.16. The molecule has 0 saturated carbocycles. The smallest absolute Gasteiger partial charge is 0.323 e. The number of nitrogens with one attached hydrogen (secondary N) is 2. The Morgan fingerprint density at radius 3 is 2.50 bits per heavy atom. The van der Waals surface area contributed by atoms with Gasteiger partial charge >= 0.3 is 6.03 Å². The van der Waals surface area contributed by atoms with Crippen molar-refractivity contribution in [1.82, 2.24) is 0 Å². The zero-order valence-electron chi connectivity index (χ0n) is 14.7. The Balaban J connectivity index is 1.73. The van der Waals surface area contributed by atoms with Crippen molar-refractivity contribution in [3.8, 4) is 11.5 Å². The molecular weight excluding hydrogens is 334 g/mol. The molecule has 1 saturated heterocycles. The summed E-state index contributed by atoms with van der Waals surface area (Å²) < 4.78 is 10.6. The third-order valence-corrected chi connectivity index (χ3v) is 4.16. The lowest BCUT2D eigenvalue weighted by Gasteiger charge is -2.20. The van der Waals surface area contributed by atoms with Crippen LogP contribution in [0.4, 0.5) is 21.9 Å². The second-order valence-corrected chi connectivity index (χ2v) is 5.81. The summed E-state index contributed by atoms with van der Waals surface area (Å²) in [7, 11) is 3.08. The quantitative estimate of drug-likeness (QED) is 0.861. The standard InChI is InChI=1S/C19H21N3O4/c1-25-16-7-4-3-6-14(16)21-19(24)20-13-9-10-15(17(12-13)26-2)22-11-5-8-18(22)23/h3-4,6-7,9-10,12H,5,8,11H2,1-2H3,(H2,20,21,24). The Morgan fingerprint density at radius 1 is 1.04 bits per heavy atom. The molecule has 2 aromatic carbocycles. The molecule has 0 bridgehead atoms. The van der Waals surface area contributed by atoms with Crippen molar-refractivity contribution < 1.29 is 19.1 Å². The van der Waals surface area contributed by atoms with Crippen LogP contribution in [0.5, 0.6) is 11.5 Å². The summed E-state index contributed by atoms with van der Waals surface area (Å²) in [4.78, 5) is 25.9. The topological polar surface area (TPSA) is 79.9 Å². The first-order chi connectivity index (χ1) is 12.6. The zero-order valence-corrected chi connectivity index (χ0v) is 14.7. The number of hydrogen-bond acceptors (Lipinski definition) is 4. The van der Waals surface area contributed by atoms with E-state index < -0.39 is 6.03 Å². The number of hydrogen-bond donors (Lipinski definition) is 2. The Morgan fingerprint density at radius 2 is 1.81 bits per heavy atom. The second-order valence-electron chi connectivity index (χ2n) is 5.81. The first-order valence-electron chi connectivity index (χ1n) is 8.32. The molecule has 1 aliphatic rings. The molecule has 0 aliphatic carbocycles. The minimum Gasteiger partial charge on any atom is -0.495 e. The maximum atomic E-state index is 12.3. The molecule has 7 heteroatoms. The van der Waals surface area contributed by atoms with Crippen LogP contribution in [0.25, 0.3) is 0 Å². The molecule has 0 unspecified atom stereocenters. The van der Waals surface area contributed by atoms with E-state index in [0.29, 0.717) is 41.5 Å². The number of urea groups is 1. The van der Waals surface area contributed by atoms with Crippen LogP contribution < -0.4 is 25.0 Å². The average Bonchev–Trinajstić information content (AvgIpc) is 3.07. The van der Waals surface area contributed by atoms with Gasteiger partial charge in [0.05, 0.1) is 25.6 Å². The van der Waals surface area contributed by atoms with Crippen molar-refractivity contribution in [2.75, 3.05) is 36.3 Å². The first-order valence-corrected chi connectivity index (χ1v) is 8.32. The summed E-state index contributed by atoms with van der Waals surface area (Å²) in [5, 5.41) is 5.50. The van der Waals surface area contributed by atoms with Crippen molar-refractivity contribution >= 4 is 29.0 Å². The highest BCUT2D eigenvalue weighted by Crippen LogP contribution is 2.34. The lowest BCUT2D eigenvalue weighted by Crippen LogP contribution is -2.24. The summed E-state index contributed by atoms with van der Waals surface area (Å²) in [6, 6.07) is 12.0. The van der Waals surface area contributed by atoms with Crippen LogP contribution in [0.15, 0.2) is 42.5 Å². The first kappa shape index (κ1) is 17.6. The van der Waals surface area contributed by atoms with Gasteiger partial charge in [-0.3, -0.25) is 4.79 Å². The molecule has 0 aromatic heterocycles. The van der Waals surface area contributed by atoms with Crippen molar-refractivity contribution in [3.63, 3.8) is 0 Å². The molecule has 2 N–H and O–H groups in total. The van der Waals surface area contributed by atoms with Crippen LogP contribution in [-0.4, -0.2) is 32.7 Å². The van der Waals surface area contributed by atoms with E-state index >= 15 is 0 Å². The van der Waals surface area contributed by atoms with E-state index in [1.807, 2.05) is 12.1 Å². The van der Waals surface area contributed by atoms with Crippen LogP contribution in [-0.2, 0) is 4.79 Å². The lowest BCUT2D eigenvalue weighted by molar-refractivity contribution is -0.117. The van der Waals surface area contributed by atoms with Gasteiger partial charge in [0, 0.05) is 24.7 Å². The molecule has 1 fully saturated rings. The van der Waals surface area contributed by atoms with Gasteiger partial charge in [0.1, 0.15) is 11.5 Å². The Hall–Kier alpha value is -3.22. The number of benzene rings is 2. The van der Waals surface area contributed by atoms with Gasteiger partial charge in [-0.15, -0.1) is 0 Å². The van der Waals surface area contributed by atoms with E-state index in [1.165, 1.54) is 7.11 Å². The Kier molecular flexibility index (Phi) is 5.26. The van der Waals surface area contributed by atoms with Gasteiger partial charge in [-0.1, -0.05) is 12.1 Å². The maximum Gasteiger partial charge on any atom is 0.323 e. The molecule has 26 heavy (non-hydrogen) atoms. The predicted molar refractivity (Wildman–Crippen MR) is 100 cm³/mol. The Bertz CT molecular complexity index is 822. The summed E-state index contributed by atoms with van der Waals surface area (Å²) in [6.45, 7) is 0.677. The fourth-order valence-corrected chi connectivity index (χ4v) is 2.91. The van der Waals surface area contributed by atoms with E-state index in [-0.39, 0.29) is 5.91 Å². The highest BCUT2D eigenvalue weighted by atomic mass is 16.5. The maximum absolute atomic E-state index is 12.3. The molecular formula is C19H21N3O4. The van der Waals surface area contributed by atoms with E-state index in [2.05, 4.69) is 10.6 Å². The monoisotopic (exact) mass is 355 g/mol. The van der Waals surface area contributed by atoms with E-state index in [9.17, 15) is 9.59 Å². The van der Waals surface area contributed by atoms with Crippen LogP contribution in [0, 0.1) is 0 Å². The number of carbonyl (C=O) groups excluding carboxylic acids is 2. The minimum absolute atomic E-state index is 0.0814. The normalized spacial score (nSPS) is 13.5. The fraction of sp³-hybridized carbons (Fsp3) is 0.263. The number of nitrogens with zero attached hydrogens (tertiary/aromatic N) is 1. The number of ether oxygens (including phenoxy) is 2. The van der Waals surface area contributed by atoms with E-state index in [4.69, 9.17) is 9.47 Å². The van der Waals surface area contributed by atoms with Gasteiger partial charge in [-0.05, 0) is 30.7 Å². The third kappa shape index (κ3) is 3.72. The highest BCUT2D eigenvalue weighted by molar-refractivity contribution is 6.01. The molecule has 7 nitrogen and oxygen atoms in total. The number of carbonyl (C=O) groups is 2. The second kappa shape index (κ2) is 7.77. The van der Waals surface area contributed by atoms with Crippen LogP contribution in [0.3, 0.4) is 0 Å². The number of para-hydroxylation sites is 2. The van der Waals surface area contributed by atoms with Crippen molar-refractivity contribution in [1.29, 1.82) is 0 Å². The summed E-state index contributed by atoms with van der Waals surface area (Å²) in [5.41, 5.74) is 1.84. The Labute approximate surface area is 151 Å². The molecule has 1 aliphatic heterocycles. The highest BCUT2D eigenvalue weighted by Gasteiger charge is 2.24. The molecule has 2 aromatic rings. The molecule has 136 valence electrons. The summed E-state index contributed by atoms with van der Waals surface area (Å²) in [5.74, 6) is 1.19. The minimum atomic E-state index is -0.401. The molecule has 3 amide bonds. The number of amides is 3. The average molecular weight is 355 g/mol. The van der Waals surface area contributed by atoms with Gasteiger partial charge < -0.3 is 25.0 Å².